The van der Waals surface area contributed by atoms with Crippen LogP contribution in [0.1, 0.15) is 35.0 Å². The molecular formula is C13H23N3S. The van der Waals surface area contributed by atoms with Gasteiger partial charge in [-0.1, -0.05) is 0 Å². The number of aryl methyl sites for hydroxylation is 2. The molecule has 0 saturated carbocycles. The average Bonchev–Trinajstić information content (AvgIpc) is 2.81. The molecule has 0 aliphatic carbocycles. The van der Waals surface area contributed by atoms with Crippen LogP contribution in [0.25, 0.3) is 0 Å². The third kappa shape index (κ3) is 3.27. The standard InChI is InChI=1S/C13H23N3S/c1-9(13-10(2)15-11(3)17-13)14-7-12-5-6-16(4)8-12/h9,12,14H,5-8H2,1-4H3. The molecule has 2 unspecified atom stereocenters. The van der Waals surface area contributed by atoms with E-state index >= 15 is 0 Å². The summed E-state index contributed by atoms with van der Waals surface area (Å²) in [6.07, 6.45) is 1.33. The highest BCUT2D eigenvalue weighted by atomic mass is 32.1. The van der Waals surface area contributed by atoms with Gasteiger partial charge in [0.15, 0.2) is 0 Å². The van der Waals surface area contributed by atoms with Gasteiger partial charge in [0.05, 0.1) is 10.7 Å². The first-order chi connectivity index (χ1) is 8.06. The van der Waals surface area contributed by atoms with Gasteiger partial charge in [0.25, 0.3) is 0 Å². The van der Waals surface area contributed by atoms with Gasteiger partial charge >= 0.3 is 0 Å². The molecule has 0 amide bonds. The summed E-state index contributed by atoms with van der Waals surface area (Å²) >= 11 is 1.82. The first-order valence-electron chi connectivity index (χ1n) is 6.42. The molecule has 1 aromatic heterocycles. The molecule has 17 heavy (non-hydrogen) atoms. The molecule has 3 nitrogen and oxygen atoms in total. The van der Waals surface area contributed by atoms with Crippen molar-refractivity contribution in [2.45, 2.75) is 33.2 Å². The topological polar surface area (TPSA) is 28.2 Å². The van der Waals surface area contributed by atoms with Gasteiger partial charge in [0.2, 0.25) is 0 Å². The van der Waals surface area contributed by atoms with Crippen molar-refractivity contribution in [1.82, 2.24) is 15.2 Å². The second-order valence-electron chi connectivity index (χ2n) is 5.23. The normalized spacial score (nSPS) is 23.2. The lowest BCUT2D eigenvalue weighted by Crippen LogP contribution is -2.27. The van der Waals surface area contributed by atoms with E-state index in [0.29, 0.717) is 6.04 Å². The Labute approximate surface area is 108 Å². The summed E-state index contributed by atoms with van der Waals surface area (Å²) in [4.78, 5) is 8.31. The third-order valence-corrected chi connectivity index (χ3v) is 4.79. The van der Waals surface area contributed by atoms with E-state index in [2.05, 4.69) is 43.0 Å². The second-order valence-corrected chi connectivity index (χ2v) is 6.46. The van der Waals surface area contributed by atoms with Gasteiger partial charge in [-0.15, -0.1) is 11.3 Å². The predicted molar refractivity (Wildman–Crippen MR) is 73.6 cm³/mol. The Hall–Kier alpha value is -0.450. The summed E-state index contributed by atoms with van der Waals surface area (Å²) in [6, 6.07) is 0.437. The highest BCUT2D eigenvalue weighted by molar-refractivity contribution is 7.11. The van der Waals surface area contributed by atoms with Gasteiger partial charge in [-0.05, 0) is 53.2 Å². The summed E-state index contributed by atoms with van der Waals surface area (Å²) in [5, 5.41) is 4.83. The first kappa shape index (κ1) is 13.0. The highest BCUT2D eigenvalue weighted by Gasteiger charge is 2.20. The van der Waals surface area contributed by atoms with Crippen molar-refractivity contribution < 1.29 is 0 Å². The maximum atomic E-state index is 4.49. The van der Waals surface area contributed by atoms with Crippen molar-refractivity contribution in [1.29, 1.82) is 0 Å². The summed E-state index contributed by atoms with van der Waals surface area (Å²) in [5.74, 6) is 0.816. The van der Waals surface area contributed by atoms with E-state index in [-0.39, 0.29) is 0 Å². The molecule has 1 fully saturated rings. The van der Waals surface area contributed by atoms with E-state index in [9.17, 15) is 0 Å². The molecule has 1 aromatic rings. The fourth-order valence-corrected chi connectivity index (χ4v) is 3.53. The SMILES string of the molecule is Cc1nc(C)c(C(C)NCC2CCN(C)C2)s1. The summed E-state index contributed by atoms with van der Waals surface area (Å²) < 4.78 is 0. The number of hydrogen-bond donors (Lipinski definition) is 1. The Balaban J connectivity index is 1.85. The molecule has 96 valence electrons. The van der Waals surface area contributed by atoms with Crippen molar-refractivity contribution >= 4 is 11.3 Å². The molecule has 2 atom stereocenters. The van der Waals surface area contributed by atoms with Crippen molar-refractivity contribution in [3.8, 4) is 0 Å². The van der Waals surface area contributed by atoms with E-state index < -0.39 is 0 Å². The van der Waals surface area contributed by atoms with Crippen LogP contribution in [-0.4, -0.2) is 36.6 Å². The molecule has 2 heterocycles. The van der Waals surface area contributed by atoms with Crippen LogP contribution in [0, 0.1) is 19.8 Å². The summed E-state index contributed by atoms with van der Waals surface area (Å²) in [6.45, 7) is 10.1. The fraction of sp³-hybridized carbons (Fsp3) is 0.769. The summed E-state index contributed by atoms with van der Waals surface area (Å²) in [5.41, 5.74) is 1.19. The van der Waals surface area contributed by atoms with Gasteiger partial charge in [0.1, 0.15) is 0 Å². The highest BCUT2D eigenvalue weighted by Crippen LogP contribution is 2.25. The van der Waals surface area contributed by atoms with Crippen LogP contribution in [0.5, 0.6) is 0 Å². The van der Waals surface area contributed by atoms with E-state index in [1.807, 2.05) is 11.3 Å². The first-order valence-corrected chi connectivity index (χ1v) is 7.23. The molecule has 0 aromatic carbocycles. The molecule has 1 aliphatic heterocycles. The van der Waals surface area contributed by atoms with Gasteiger partial charge in [-0.2, -0.15) is 0 Å². The lowest BCUT2D eigenvalue weighted by atomic mass is 10.1. The second kappa shape index (κ2) is 5.46. The predicted octanol–water partition coefficient (Wildman–Crippen LogP) is 2.36. The lowest BCUT2D eigenvalue weighted by molar-refractivity contribution is 0.382. The zero-order chi connectivity index (χ0) is 12.4. The number of nitrogens with zero attached hydrogens (tertiary/aromatic N) is 2. The number of rotatable bonds is 4. The van der Waals surface area contributed by atoms with Crippen molar-refractivity contribution in [3.63, 3.8) is 0 Å². The Morgan fingerprint density at radius 2 is 2.29 bits per heavy atom. The summed E-state index contributed by atoms with van der Waals surface area (Å²) in [7, 11) is 2.21. The van der Waals surface area contributed by atoms with Crippen LogP contribution in [-0.2, 0) is 0 Å². The smallest absolute Gasteiger partial charge is 0.0900 e. The van der Waals surface area contributed by atoms with Crippen LogP contribution >= 0.6 is 11.3 Å². The Morgan fingerprint density at radius 3 is 2.82 bits per heavy atom. The van der Waals surface area contributed by atoms with E-state index in [4.69, 9.17) is 0 Å². The Morgan fingerprint density at radius 1 is 1.53 bits per heavy atom. The van der Waals surface area contributed by atoms with E-state index in [0.717, 1.165) is 12.5 Å². The van der Waals surface area contributed by atoms with E-state index in [1.54, 1.807) is 0 Å². The minimum atomic E-state index is 0.437. The molecule has 0 spiro atoms. The van der Waals surface area contributed by atoms with Gasteiger partial charge in [-0.3, -0.25) is 0 Å². The molecule has 1 aliphatic rings. The minimum Gasteiger partial charge on any atom is -0.309 e. The van der Waals surface area contributed by atoms with Crippen molar-refractivity contribution in [2.24, 2.45) is 5.92 Å². The molecule has 1 saturated heterocycles. The maximum absolute atomic E-state index is 4.49. The molecular weight excluding hydrogens is 230 g/mol. The lowest BCUT2D eigenvalue weighted by Gasteiger charge is -2.16. The number of thiazole rings is 1. The van der Waals surface area contributed by atoms with Crippen LogP contribution < -0.4 is 5.32 Å². The average molecular weight is 253 g/mol. The van der Waals surface area contributed by atoms with Gasteiger partial charge in [0, 0.05) is 17.5 Å². The monoisotopic (exact) mass is 253 g/mol. The van der Waals surface area contributed by atoms with Crippen molar-refractivity contribution in [3.05, 3.63) is 15.6 Å². The molecule has 0 radical (unpaired) electrons. The zero-order valence-electron chi connectivity index (χ0n) is 11.3. The van der Waals surface area contributed by atoms with Crippen molar-refractivity contribution in [2.75, 3.05) is 26.7 Å². The maximum Gasteiger partial charge on any atom is 0.0900 e. The molecule has 0 bridgehead atoms. The Bertz CT molecular complexity index is 375. The van der Waals surface area contributed by atoms with Crippen LogP contribution in [0.2, 0.25) is 0 Å². The van der Waals surface area contributed by atoms with Crippen LogP contribution in [0.4, 0.5) is 0 Å². The van der Waals surface area contributed by atoms with E-state index in [1.165, 1.54) is 35.1 Å². The van der Waals surface area contributed by atoms with Crippen LogP contribution in [0.15, 0.2) is 0 Å². The van der Waals surface area contributed by atoms with Gasteiger partial charge < -0.3 is 10.2 Å². The quantitative estimate of drug-likeness (QED) is 0.893. The molecule has 4 heteroatoms. The Kier molecular flexibility index (Phi) is 4.17. The molecule has 1 N–H and O–H groups in total. The number of nitrogens with one attached hydrogen (secondary N) is 1. The minimum absolute atomic E-state index is 0.437. The molecule has 2 rings (SSSR count). The number of likely N-dealkylation sites (tertiary alicyclic amines) is 1. The number of hydrogen-bond acceptors (Lipinski definition) is 4. The fourth-order valence-electron chi connectivity index (χ4n) is 2.58. The van der Waals surface area contributed by atoms with Crippen LogP contribution in [0.3, 0.4) is 0 Å². The van der Waals surface area contributed by atoms with Gasteiger partial charge in [-0.25, -0.2) is 4.98 Å². The zero-order valence-corrected chi connectivity index (χ0v) is 12.1. The number of aromatic nitrogens is 1. The largest absolute Gasteiger partial charge is 0.309 e. The third-order valence-electron chi connectivity index (χ3n) is 3.53.